The molecule has 7 N–H and O–H groups in total. The number of aliphatic hydroxyl groups excluding tert-OH is 4. The molecule has 0 bridgehead atoms. The minimum atomic E-state index is -1.68. The molecule has 0 radical (unpaired) electrons. The Morgan fingerprint density at radius 3 is 1.74 bits per heavy atom. The number of ether oxygens (including phenoxy) is 7. The Labute approximate surface area is 266 Å². The van der Waals surface area contributed by atoms with Gasteiger partial charge in [0.2, 0.25) is 19.2 Å². The molecule has 3 saturated heterocycles. The molecule has 3 aliphatic heterocycles. The first kappa shape index (κ1) is 37.9. The van der Waals surface area contributed by atoms with E-state index in [2.05, 4.69) is 20.7 Å². The number of rotatable bonds is 17. The van der Waals surface area contributed by atoms with Crippen LogP contribution in [0.4, 0.5) is 0 Å². The van der Waals surface area contributed by atoms with Gasteiger partial charge in [0, 0.05) is 13.0 Å². The van der Waals surface area contributed by atoms with Crippen molar-refractivity contribution in [3.05, 3.63) is 0 Å². The topological polar surface area (TPSA) is 250 Å². The number of unbranched alkanes of at least 4 members (excludes halogenated alkanes) is 2. The van der Waals surface area contributed by atoms with Gasteiger partial charge in [0.25, 0.3) is 0 Å². The molecule has 0 aromatic carbocycles. The van der Waals surface area contributed by atoms with Gasteiger partial charge in [0.1, 0.15) is 36.6 Å². The summed E-state index contributed by atoms with van der Waals surface area (Å²) in [4.78, 5) is 45.0. The molecule has 3 amide bonds. The molecule has 18 nitrogen and oxygen atoms in total. The van der Waals surface area contributed by atoms with Crippen LogP contribution in [0.25, 0.3) is 0 Å². The third kappa shape index (κ3) is 9.30. The van der Waals surface area contributed by atoms with Crippen LogP contribution in [0.2, 0.25) is 0 Å². The fraction of sp³-hybridized carbons (Fsp3) is 0.857. The maximum Gasteiger partial charge on any atom is 0.305 e. The predicted octanol–water partition coefficient (Wildman–Crippen LogP) is -3.47. The van der Waals surface area contributed by atoms with Crippen molar-refractivity contribution in [1.29, 1.82) is 0 Å². The van der Waals surface area contributed by atoms with E-state index in [0.717, 1.165) is 0 Å². The normalized spacial score (nSPS) is 41.2. The maximum atomic E-state index is 11.5. The molecule has 3 rings (SSSR count). The van der Waals surface area contributed by atoms with Gasteiger partial charge < -0.3 is 69.5 Å². The molecule has 3 fully saturated rings. The van der Waals surface area contributed by atoms with Crippen molar-refractivity contribution in [3.8, 4) is 0 Å². The standard InChI is InChI=1S/C28H47N3O15/c1-13-17(29-10-32)20(36)22(38)26(42-13)45-24-19(31-12-34)15(3)43-27(23(24)39)46-25-21(37)18(30-11-33)14(2)44-28(25)41-9-7-5-6-8-16(35)40-4/h10-15,17-28,36-39H,5-9H2,1-4H3,(H,29,32)(H,30,33)(H,31,34)/t13-,14-,15-,17-,18-,19-,20+,21+,22+,23+,24+,25+,26-,27-,28+/m1/s1. The molecule has 264 valence electrons. The lowest BCUT2D eigenvalue weighted by Gasteiger charge is -2.49. The molecule has 3 heterocycles. The molecule has 0 saturated carbocycles. The zero-order valence-electron chi connectivity index (χ0n) is 26.2. The Hall–Kier alpha value is -2.52. The number of hydrogen-bond donors (Lipinski definition) is 7. The van der Waals surface area contributed by atoms with Crippen molar-refractivity contribution in [2.45, 2.75) is 138 Å². The third-order valence-corrected chi connectivity index (χ3v) is 8.40. The lowest BCUT2D eigenvalue weighted by molar-refractivity contribution is -0.363. The van der Waals surface area contributed by atoms with Crippen molar-refractivity contribution in [2.75, 3.05) is 13.7 Å². The van der Waals surface area contributed by atoms with Gasteiger partial charge in [0.05, 0.1) is 43.5 Å². The molecule has 15 atom stereocenters. The highest BCUT2D eigenvalue weighted by Crippen LogP contribution is 2.32. The van der Waals surface area contributed by atoms with E-state index in [0.29, 0.717) is 38.5 Å². The van der Waals surface area contributed by atoms with Crippen molar-refractivity contribution < 1.29 is 72.8 Å². The number of nitrogens with one attached hydrogen (secondary N) is 3. The second kappa shape index (κ2) is 18.1. The summed E-state index contributed by atoms with van der Waals surface area (Å²) in [7, 11) is 1.31. The Bertz CT molecular complexity index is 980. The van der Waals surface area contributed by atoms with E-state index in [1.807, 2.05) is 0 Å². The van der Waals surface area contributed by atoms with Crippen molar-refractivity contribution in [1.82, 2.24) is 16.0 Å². The molecule has 18 heteroatoms. The fourth-order valence-corrected chi connectivity index (χ4v) is 5.82. The zero-order chi connectivity index (χ0) is 34.0. The van der Waals surface area contributed by atoms with E-state index in [1.54, 1.807) is 13.8 Å². The van der Waals surface area contributed by atoms with Crippen LogP contribution in [0.5, 0.6) is 0 Å². The summed E-state index contributed by atoms with van der Waals surface area (Å²) >= 11 is 0. The van der Waals surface area contributed by atoms with E-state index in [1.165, 1.54) is 14.0 Å². The average molecular weight is 666 g/mol. The highest BCUT2D eigenvalue weighted by atomic mass is 16.8. The van der Waals surface area contributed by atoms with Gasteiger partial charge in [0.15, 0.2) is 18.9 Å². The van der Waals surface area contributed by atoms with Crippen LogP contribution in [0, 0.1) is 0 Å². The largest absolute Gasteiger partial charge is 0.469 e. The Morgan fingerprint density at radius 1 is 0.652 bits per heavy atom. The smallest absolute Gasteiger partial charge is 0.305 e. The molecule has 0 unspecified atom stereocenters. The molecule has 0 aromatic heterocycles. The third-order valence-electron chi connectivity index (χ3n) is 8.40. The highest BCUT2D eigenvalue weighted by molar-refractivity contribution is 5.68. The molecular formula is C28H47N3O15. The maximum absolute atomic E-state index is 11.5. The number of amides is 3. The summed E-state index contributed by atoms with van der Waals surface area (Å²) in [6.45, 7) is 4.89. The van der Waals surface area contributed by atoms with E-state index < -0.39 is 91.9 Å². The Balaban J connectivity index is 1.76. The number of carbonyl (C=O) groups excluding carboxylic acids is 4. The number of methoxy groups -OCH3 is 1. The van der Waals surface area contributed by atoms with Crippen LogP contribution < -0.4 is 16.0 Å². The van der Waals surface area contributed by atoms with Crippen molar-refractivity contribution in [2.24, 2.45) is 0 Å². The van der Waals surface area contributed by atoms with Gasteiger partial charge in [-0.2, -0.15) is 0 Å². The van der Waals surface area contributed by atoms with Crippen molar-refractivity contribution in [3.63, 3.8) is 0 Å². The number of aliphatic hydroxyl groups is 4. The monoisotopic (exact) mass is 665 g/mol. The molecule has 46 heavy (non-hydrogen) atoms. The van der Waals surface area contributed by atoms with E-state index in [4.69, 9.17) is 28.4 Å². The molecular weight excluding hydrogens is 618 g/mol. The van der Waals surface area contributed by atoms with Gasteiger partial charge in [-0.3, -0.25) is 19.2 Å². The van der Waals surface area contributed by atoms with Gasteiger partial charge in [-0.15, -0.1) is 0 Å². The van der Waals surface area contributed by atoms with Gasteiger partial charge in [-0.1, -0.05) is 6.42 Å². The van der Waals surface area contributed by atoms with Gasteiger partial charge in [-0.05, 0) is 33.6 Å². The zero-order valence-corrected chi connectivity index (χ0v) is 26.2. The Morgan fingerprint density at radius 2 is 1.15 bits per heavy atom. The number of esters is 1. The predicted molar refractivity (Wildman–Crippen MR) is 152 cm³/mol. The molecule has 0 aromatic rings. The molecule has 3 aliphatic rings. The van der Waals surface area contributed by atoms with Gasteiger partial charge >= 0.3 is 5.97 Å². The minimum absolute atomic E-state index is 0.163. The van der Waals surface area contributed by atoms with Crippen LogP contribution in [0.3, 0.4) is 0 Å². The lowest BCUT2D eigenvalue weighted by atomic mass is 9.94. The summed E-state index contributed by atoms with van der Waals surface area (Å²) < 4.78 is 40.1. The van der Waals surface area contributed by atoms with Crippen LogP contribution >= 0.6 is 0 Å². The minimum Gasteiger partial charge on any atom is -0.469 e. The lowest BCUT2D eigenvalue weighted by Crippen LogP contribution is -2.69. The van der Waals surface area contributed by atoms with Crippen molar-refractivity contribution >= 4 is 25.2 Å². The first-order valence-corrected chi connectivity index (χ1v) is 15.3. The summed E-state index contributed by atoms with van der Waals surface area (Å²) in [5, 5.41) is 51.4. The van der Waals surface area contributed by atoms with E-state index in [9.17, 15) is 39.6 Å². The number of carbonyl (C=O) groups is 4. The van der Waals surface area contributed by atoms with Crippen LogP contribution in [-0.4, -0.2) is 151 Å². The molecule has 0 aliphatic carbocycles. The highest BCUT2D eigenvalue weighted by Gasteiger charge is 2.53. The summed E-state index contributed by atoms with van der Waals surface area (Å²) in [6, 6.07) is -2.85. The van der Waals surface area contributed by atoms with Crippen LogP contribution in [0.1, 0.15) is 46.5 Å². The average Bonchev–Trinajstić information content (AvgIpc) is 3.03. The summed E-state index contributed by atoms with van der Waals surface area (Å²) in [5.74, 6) is -0.321. The van der Waals surface area contributed by atoms with E-state index in [-0.39, 0.29) is 19.0 Å². The Kier molecular flexibility index (Phi) is 15.0. The fourth-order valence-electron chi connectivity index (χ4n) is 5.82. The first-order valence-electron chi connectivity index (χ1n) is 15.3. The summed E-state index contributed by atoms with van der Waals surface area (Å²) in [6.07, 6.45) is -12.3. The summed E-state index contributed by atoms with van der Waals surface area (Å²) in [5.41, 5.74) is 0. The first-order chi connectivity index (χ1) is 22.0. The second-order valence-corrected chi connectivity index (χ2v) is 11.5. The van der Waals surface area contributed by atoms with Gasteiger partial charge in [-0.25, -0.2) is 0 Å². The van der Waals surface area contributed by atoms with Crippen LogP contribution in [0.15, 0.2) is 0 Å². The number of hydrogen-bond acceptors (Lipinski definition) is 15. The second-order valence-electron chi connectivity index (χ2n) is 11.5. The van der Waals surface area contributed by atoms with E-state index >= 15 is 0 Å². The SMILES string of the molecule is COC(=O)CCCCCO[C@H]1O[C@H](C)[C@@H](NC=O)[C@H](O)[C@@H]1O[C@H]1O[C@H](C)[C@@H](NC=O)[C@H](O[C@H]2O[C@H](C)[C@@H](NC=O)[C@H](O)[C@@H]2O)[C@@H]1O. The van der Waals surface area contributed by atoms with Crippen LogP contribution in [-0.2, 0) is 52.3 Å². The quantitative estimate of drug-likeness (QED) is 0.0453. The molecule has 0 spiro atoms.